The summed E-state index contributed by atoms with van der Waals surface area (Å²) >= 11 is 0. The smallest absolute Gasteiger partial charge is 0.176 e. The monoisotopic (exact) mass is 427 g/mol. The van der Waals surface area contributed by atoms with Crippen LogP contribution in [0.2, 0.25) is 0 Å². The van der Waals surface area contributed by atoms with Crippen LogP contribution in [-0.4, -0.2) is 46.1 Å². The summed E-state index contributed by atoms with van der Waals surface area (Å²) in [5.41, 5.74) is 3.34. The molecule has 0 aromatic heterocycles. The van der Waals surface area contributed by atoms with Crippen molar-refractivity contribution in [1.29, 1.82) is 0 Å². The Morgan fingerprint density at radius 2 is 1.41 bits per heavy atom. The van der Waals surface area contributed by atoms with Gasteiger partial charge in [0.25, 0.3) is 0 Å². The minimum absolute atomic E-state index is 0.141. The van der Waals surface area contributed by atoms with Crippen molar-refractivity contribution < 1.29 is 15.0 Å². The van der Waals surface area contributed by atoms with Crippen LogP contribution < -0.4 is 0 Å². The lowest BCUT2D eigenvalue weighted by molar-refractivity contribution is 0.0355. The minimum atomic E-state index is -0.614. The Morgan fingerprint density at radius 1 is 0.844 bits per heavy atom. The predicted molar refractivity (Wildman–Crippen MR) is 126 cm³/mol. The van der Waals surface area contributed by atoms with Crippen LogP contribution in [0.15, 0.2) is 78.9 Å². The zero-order valence-corrected chi connectivity index (χ0v) is 18.2. The molecule has 0 radical (unpaired) electrons. The SMILES string of the molecule is O=C(CN1C[C@@H]2CC(O)(Cc3ccccc3)C[C@@H]2C1)c1ccc(-c2ccc(O)cc2)cc1. The number of carbonyl (C=O) groups is 1. The van der Waals surface area contributed by atoms with Gasteiger partial charge < -0.3 is 10.2 Å². The van der Waals surface area contributed by atoms with Gasteiger partial charge in [-0.2, -0.15) is 0 Å². The second kappa shape index (κ2) is 8.53. The first-order chi connectivity index (χ1) is 15.5. The van der Waals surface area contributed by atoms with E-state index in [0.29, 0.717) is 24.8 Å². The zero-order valence-electron chi connectivity index (χ0n) is 18.2. The van der Waals surface area contributed by atoms with Crippen molar-refractivity contribution in [3.05, 3.63) is 90.0 Å². The molecule has 4 heteroatoms. The topological polar surface area (TPSA) is 60.8 Å². The van der Waals surface area contributed by atoms with E-state index in [2.05, 4.69) is 17.0 Å². The maximum absolute atomic E-state index is 12.9. The normalized spacial score (nSPS) is 25.0. The summed E-state index contributed by atoms with van der Waals surface area (Å²) < 4.78 is 0. The summed E-state index contributed by atoms with van der Waals surface area (Å²) in [6, 6.07) is 25.0. The van der Waals surface area contributed by atoms with E-state index in [0.717, 1.165) is 42.6 Å². The summed E-state index contributed by atoms with van der Waals surface area (Å²) in [7, 11) is 0. The first kappa shape index (κ1) is 20.9. The fraction of sp³-hybridized carbons (Fsp3) is 0.321. The molecule has 2 fully saturated rings. The summed E-state index contributed by atoms with van der Waals surface area (Å²) in [5, 5.41) is 20.6. The maximum Gasteiger partial charge on any atom is 0.176 e. The highest BCUT2D eigenvalue weighted by atomic mass is 16.3. The molecule has 1 aliphatic carbocycles. The maximum atomic E-state index is 12.9. The van der Waals surface area contributed by atoms with Gasteiger partial charge in [0.15, 0.2) is 5.78 Å². The second-order valence-corrected chi connectivity index (χ2v) is 9.56. The third kappa shape index (κ3) is 4.47. The highest BCUT2D eigenvalue weighted by Crippen LogP contribution is 2.45. The van der Waals surface area contributed by atoms with Gasteiger partial charge in [0.05, 0.1) is 12.1 Å². The van der Waals surface area contributed by atoms with Crippen molar-refractivity contribution in [2.24, 2.45) is 11.8 Å². The van der Waals surface area contributed by atoms with E-state index in [9.17, 15) is 15.0 Å². The van der Waals surface area contributed by atoms with Crippen molar-refractivity contribution in [3.8, 4) is 16.9 Å². The molecule has 2 aliphatic rings. The number of ketones is 1. The number of Topliss-reactive ketones (excluding diaryl/α,β-unsaturated/α-hetero) is 1. The number of benzene rings is 3. The molecule has 0 amide bonds. The van der Waals surface area contributed by atoms with E-state index in [1.54, 1.807) is 12.1 Å². The summed E-state index contributed by atoms with van der Waals surface area (Å²) in [6.07, 6.45) is 2.35. The number of nitrogens with zero attached hydrogens (tertiary/aromatic N) is 1. The number of aliphatic hydroxyl groups is 1. The highest BCUT2D eigenvalue weighted by Gasteiger charge is 2.48. The third-order valence-corrected chi connectivity index (χ3v) is 7.09. The Bertz CT molecular complexity index is 1060. The molecule has 3 aromatic carbocycles. The van der Waals surface area contributed by atoms with Gasteiger partial charge in [-0.25, -0.2) is 0 Å². The Hall–Kier alpha value is -2.95. The number of fused-ring (bicyclic) bond motifs is 1. The predicted octanol–water partition coefficient (Wildman–Crippen LogP) is 4.56. The van der Waals surface area contributed by atoms with Gasteiger partial charge in [-0.05, 0) is 53.5 Å². The standard InChI is InChI=1S/C28H29NO3/c30-26-12-10-22(11-13-26)21-6-8-23(9-7-21)27(31)19-29-17-24-15-28(32,16-25(24)18-29)14-20-4-2-1-3-5-20/h1-13,24-25,30,32H,14-19H2/t24-,25+,28?. The Labute approximate surface area is 189 Å². The number of aromatic hydroxyl groups is 1. The first-order valence-electron chi connectivity index (χ1n) is 11.4. The lowest BCUT2D eigenvalue weighted by Gasteiger charge is -2.26. The van der Waals surface area contributed by atoms with Crippen LogP contribution >= 0.6 is 0 Å². The van der Waals surface area contributed by atoms with E-state index in [1.165, 1.54) is 5.56 Å². The van der Waals surface area contributed by atoms with Gasteiger partial charge in [0.2, 0.25) is 0 Å². The zero-order chi connectivity index (χ0) is 22.1. The van der Waals surface area contributed by atoms with Crippen molar-refractivity contribution in [2.45, 2.75) is 24.9 Å². The van der Waals surface area contributed by atoms with E-state index in [1.807, 2.05) is 54.6 Å². The number of hydrogen-bond acceptors (Lipinski definition) is 4. The number of rotatable bonds is 6. The minimum Gasteiger partial charge on any atom is -0.508 e. The molecule has 5 rings (SSSR count). The largest absolute Gasteiger partial charge is 0.508 e. The molecular weight excluding hydrogens is 398 g/mol. The van der Waals surface area contributed by atoms with Crippen molar-refractivity contribution >= 4 is 5.78 Å². The molecule has 1 aliphatic heterocycles. The quantitative estimate of drug-likeness (QED) is 0.567. The number of carbonyl (C=O) groups excluding carboxylic acids is 1. The first-order valence-corrected chi connectivity index (χ1v) is 11.4. The van der Waals surface area contributed by atoms with Gasteiger partial charge >= 0.3 is 0 Å². The molecule has 32 heavy (non-hydrogen) atoms. The molecule has 1 saturated carbocycles. The molecule has 3 atom stereocenters. The Morgan fingerprint density at radius 3 is 2.00 bits per heavy atom. The number of likely N-dealkylation sites (tertiary alicyclic amines) is 1. The van der Waals surface area contributed by atoms with Gasteiger partial charge in [-0.3, -0.25) is 9.69 Å². The van der Waals surface area contributed by atoms with Gasteiger partial charge in [-0.15, -0.1) is 0 Å². The molecule has 1 heterocycles. The molecular formula is C28H29NO3. The lowest BCUT2D eigenvalue weighted by Crippen LogP contribution is -2.34. The summed E-state index contributed by atoms with van der Waals surface area (Å²) in [6.45, 7) is 2.21. The van der Waals surface area contributed by atoms with Crippen LogP contribution in [0.3, 0.4) is 0 Å². The summed E-state index contributed by atoms with van der Waals surface area (Å²) in [4.78, 5) is 15.1. The van der Waals surface area contributed by atoms with E-state index >= 15 is 0 Å². The Kier molecular flexibility index (Phi) is 5.58. The molecule has 1 unspecified atom stereocenters. The number of phenols is 1. The van der Waals surface area contributed by atoms with Crippen molar-refractivity contribution in [2.75, 3.05) is 19.6 Å². The van der Waals surface area contributed by atoms with Crippen molar-refractivity contribution in [1.82, 2.24) is 4.90 Å². The Balaban J connectivity index is 1.16. The number of hydrogen-bond donors (Lipinski definition) is 2. The molecule has 4 nitrogen and oxygen atoms in total. The van der Waals surface area contributed by atoms with Crippen LogP contribution in [0.1, 0.15) is 28.8 Å². The van der Waals surface area contributed by atoms with E-state index in [-0.39, 0.29) is 11.5 Å². The molecule has 3 aromatic rings. The summed E-state index contributed by atoms with van der Waals surface area (Å²) in [5.74, 6) is 1.32. The molecule has 0 spiro atoms. The van der Waals surface area contributed by atoms with Crippen LogP contribution in [0.5, 0.6) is 5.75 Å². The molecule has 0 bridgehead atoms. The average Bonchev–Trinajstić information content (AvgIpc) is 3.28. The van der Waals surface area contributed by atoms with Crippen molar-refractivity contribution in [3.63, 3.8) is 0 Å². The molecule has 164 valence electrons. The van der Waals surface area contributed by atoms with Crippen LogP contribution in [0.4, 0.5) is 0 Å². The van der Waals surface area contributed by atoms with E-state index in [4.69, 9.17) is 0 Å². The van der Waals surface area contributed by atoms with Gasteiger partial charge in [0, 0.05) is 25.1 Å². The fourth-order valence-electron chi connectivity index (χ4n) is 5.60. The molecule has 2 N–H and O–H groups in total. The van der Waals surface area contributed by atoms with E-state index < -0.39 is 5.60 Å². The van der Waals surface area contributed by atoms with Gasteiger partial charge in [-0.1, -0.05) is 66.7 Å². The second-order valence-electron chi connectivity index (χ2n) is 9.56. The van der Waals surface area contributed by atoms with Gasteiger partial charge in [0.1, 0.15) is 5.75 Å². The molecule has 1 saturated heterocycles. The lowest BCUT2D eigenvalue weighted by atomic mass is 9.91. The third-order valence-electron chi connectivity index (χ3n) is 7.09. The highest BCUT2D eigenvalue weighted by molar-refractivity contribution is 5.98. The average molecular weight is 428 g/mol. The van der Waals surface area contributed by atoms with Crippen LogP contribution in [-0.2, 0) is 6.42 Å². The van der Waals surface area contributed by atoms with Crippen LogP contribution in [0, 0.1) is 11.8 Å². The number of phenolic OH excluding ortho intramolecular Hbond substituents is 1. The van der Waals surface area contributed by atoms with Crippen LogP contribution in [0.25, 0.3) is 11.1 Å². The fourth-order valence-corrected chi connectivity index (χ4v) is 5.60.